The number of thiazole rings is 1. The molecule has 0 aliphatic rings. The first-order valence-corrected chi connectivity index (χ1v) is 16.1. The number of benzene rings is 4. The van der Waals surface area contributed by atoms with Crippen molar-refractivity contribution < 1.29 is 22.7 Å². The Hall–Kier alpha value is -4.74. The number of carbonyl (C=O) groups is 2. The van der Waals surface area contributed by atoms with Crippen molar-refractivity contribution in [3.8, 4) is 16.3 Å². The fraction of sp³-hybridized carbons (Fsp3) is 0.182. The van der Waals surface area contributed by atoms with Crippen molar-refractivity contribution >= 4 is 55.3 Å². The van der Waals surface area contributed by atoms with Gasteiger partial charge in [0.05, 0.1) is 21.7 Å². The smallest absolute Gasteiger partial charge is 0.262 e. The van der Waals surface area contributed by atoms with Gasteiger partial charge in [-0.25, -0.2) is 13.4 Å². The Bertz CT molecular complexity index is 1870. The summed E-state index contributed by atoms with van der Waals surface area (Å²) in [6, 6.07) is 24.9. The van der Waals surface area contributed by atoms with E-state index in [4.69, 9.17) is 9.72 Å². The van der Waals surface area contributed by atoms with Gasteiger partial charge in [0.25, 0.3) is 15.9 Å². The van der Waals surface area contributed by atoms with E-state index in [1.165, 1.54) is 16.5 Å². The van der Waals surface area contributed by atoms with Gasteiger partial charge >= 0.3 is 0 Å². The summed E-state index contributed by atoms with van der Waals surface area (Å²) in [4.78, 5) is 28.6. The number of nitrogens with one attached hydrogen (secondary N) is 2. The van der Waals surface area contributed by atoms with Gasteiger partial charge in [0.1, 0.15) is 10.8 Å². The summed E-state index contributed by atoms with van der Waals surface area (Å²) >= 11 is 1.62. The first-order valence-electron chi connectivity index (χ1n) is 13.8. The zero-order valence-electron chi connectivity index (χ0n) is 25.1. The Morgan fingerprint density at radius 3 is 2.23 bits per heavy atom. The van der Waals surface area contributed by atoms with Crippen LogP contribution in [0.25, 0.3) is 20.8 Å². The molecule has 5 aromatic rings. The zero-order valence-corrected chi connectivity index (χ0v) is 26.8. The number of sulfonamides is 1. The fourth-order valence-electron chi connectivity index (χ4n) is 4.08. The lowest BCUT2D eigenvalue weighted by Crippen LogP contribution is -2.17. The van der Waals surface area contributed by atoms with E-state index in [9.17, 15) is 18.0 Å². The number of carbonyl (C=O) groups excluding carboxylic acids is 2. The number of rotatable bonds is 9. The Morgan fingerprint density at radius 1 is 0.932 bits per heavy atom. The van der Waals surface area contributed by atoms with E-state index in [1.54, 1.807) is 68.8 Å². The SMILES string of the molecule is CCOc1ccc(NS(=O)(=O)c2cc(C(=O)Nc3ccc(-c4nc5ccc(C)cc5s4)cc3)ccc2C)cc1.CN(C)C=O. The topological polar surface area (TPSA) is 118 Å². The number of hydrogen-bond donors (Lipinski definition) is 2. The highest BCUT2D eigenvalue weighted by Crippen LogP contribution is 2.31. The van der Waals surface area contributed by atoms with Crippen molar-refractivity contribution in [3.05, 3.63) is 102 Å². The van der Waals surface area contributed by atoms with Gasteiger partial charge in [-0.3, -0.25) is 14.3 Å². The highest BCUT2D eigenvalue weighted by molar-refractivity contribution is 7.92. The first kappa shape index (κ1) is 32.2. The van der Waals surface area contributed by atoms with Gasteiger partial charge in [0.2, 0.25) is 6.41 Å². The number of amides is 2. The van der Waals surface area contributed by atoms with Crippen LogP contribution in [-0.4, -0.2) is 51.3 Å². The van der Waals surface area contributed by atoms with E-state index >= 15 is 0 Å². The highest BCUT2D eigenvalue weighted by atomic mass is 32.2. The largest absolute Gasteiger partial charge is 0.494 e. The molecule has 0 saturated heterocycles. The quantitative estimate of drug-likeness (QED) is 0.174. The standard InChI is InChI=1S/C30H27N3O4S2.C3H7NO/c1-4-37-25-14-12-24(13-15-25)33-39(35,36)28-18-22(7-6-20(28)3)29(34)31-23-10-8-21(9-11-23)30-32-26-16-5-19(2)17-27(26)38-30;1-4(2)3-5/h5-18,33H,4H2,1-3H3,(H,31,34);3H,1-2H3. The number of ether oxygens (including phenoxy) is 1. The third-order valence-corrected chi connectivity index (χ3v) is 8.89. The molecule has 1 aromatic heterocycles. The van der Waals surface area contributed by atoms with E-state index in [1.807, 2.05) is 43.3 Å². The van der Waals surface area contributed by atoms with Crippen molar-refractivity contribution in [3.63, 3.8) is 0 Å². The monoisotopic (exact) mass is 630 g/mol. The van der Waals surface area contributed by atoms with E-state index in [-0.39, 0.29) is 10.5 Å². The number of hydrogen-bond acceptors (Lipinski definition) is 7. The van der Waals surface area contributed by atoms with Crippen LogP contribution in [0.3, 0.4) is 0 Å². The molecule has 228 valence electrons. The van der Waals surface area contributed by atoms with Crippen molar-refractivity contribution in [1.29, 1.82) is 0 Å². The molecule has 5 rings (SSSR count). The van der Waals surface area contributed by atoms with Gasteiger partial charge in [0, 0.05) is 36.6 Å². The predicted molar refractivity (Wildman–Crippen MR) is 177 cm³/mol. The average Bonchev–Trinajstić information content (AvgIpc) is 3.42. The summed E-state index contributed by atoms with van der Waals surface area (Å²) in [5.74, 6) is 0.245. The lowest BCUT2D eigenvalue weighted by molar-refractivity contribution is -0.115. The molecule has 0 unspecified atom stereocenters. The number of anilines is 2. The molecule has 11 heteroatoms. The van der Waals surface area contributed by atoms with Crippen LogP contribution in [0.2, 0.25) is 0 Å². The minimum Gasteiger partial charge on any atom is -0.494 e. The van der Waals surface area contributed by atoms with Crippen LogP contribution in [0.4, 0.5) is 11.4 Å². The van der Waals surface area contributed by atoms with Crippen molar-refractivity contribution in [1.82, 2.24) is 9.88 Å². The van der Waals surface area contributed by atoms with Gasteiger partial charge in [-0.05, 0) is 105 Å². The lowest BCUT2D eigenvalue weighted by atomic mass is 10.1. The van der Waals surface area contributed by atoms with E-state index in [0.717, 1.165) is 27.2 Å². The molecule has 0 aliphatic carbocycles. The molecule has 44 heavy (non-hydrogen) atoms. The molecule has 0 fully saturated rings. The molecule has 9 nitrogen and oxygen atoms in total. The highest BCUT2D eigenvalue weighted by Gasteiger charge is 2.20. The van der Waals surface area contributed by atoms with E-state index < -0.39 is 15.9 Å². The molecule has 1 heterocycles. The second kappa shape index (κ2) is 14.2. The lowest BCUT2D eigenvalue weighted by Gasteiger charge is -2.13. The average molecular weight is 631 g/mol. The van der Waals surface area contributed by atoms with Crippen molar-refractivity contribution in [2.24, 2.45) is 0 Å². The molecular weight excluding hydrogens is 597 g/mol. The molecule has 4 aromatic carbocycles. The van der Waals surface area contributed by atoms with Crippen molar-refractivity contribution in [2.75, 3.05) is 30.7 Å². The van der Waals surface area contributed by atoms with Crippen molar-refractivity contribution in [2.45, 2.75) is 25.7 Å². The van der Waals surface area contributed by atoms with Crippen LogP contribution in [-0.2, 0) is 14.8 Å². The Balaban J connectivity index is 0.000000818. The Labute approximate surface area is 261 Å². The Morgan fingerprint density at radius 2 is 1.59 bits per heavy atom. The third kappa shape index (κ3) is 8.21. The van der Waals surface area contributed by atoms with Gasteiger partial charge in [-0.1, -0.05) is 12.1 Å². The van der Waals surface area contributed by atoms with Crippen LogP contribution in [0, 0.1) is 13.8 Å². The van der Waals surface area contributed by atoms with Crippen LogP contribution >= 0.6 is 11.3 Å². The molecule has 0 radical (unpaired) electrons. The number of fused-ring (bicyclic) bond motifs is 1. The van der Waals surface area contributed by atoms with Crippen LogP contribution < -0.4 is 14.8 Å². The van der Waals surface area contributed by atoms with Crippen LogP contribution in [0.5, 0.6) is 5.75 Å². The summed E-state index contributed by atoms with van der Waals surface area (Å²) in [5, 5.41) is 3.76. The van der Waals surface area contributed by atoms with Gasteiger partial charge in [-0.2, -0.15) is 0 Å². The second-order valence-corrected chi connectivity index (χ2v) is 12.8. The minimum atomic E-state index is -3.92. The van der Waals surface area contributed by atoms with E-state index in [0.29, 0.717) is 29.3 Å². The molecule has 0 aliphatic heterocycles. The molecule has 0 spiro atoms. The molecule has 0 atom stereocenters. The summed E-state index contributed by atoms with van der Waals surface area (Å²) in [5.41, 5.74) is 4.86. The minimum absolute atomic E-state index is 0.0328. The summed E-state index contributed by atoms with van der Waals surface area (Å²) in [6.07, 6.45) is 0.750. The van der Waals surface area contributed by atoms with E-state index in [2.05, 4.69) is 23.0 Å². The molecular formula is C33H34N4O5S2. The number of aryl methyl sites for hydroxylation is 2. The molecule has 0 saturated carbocycles. The molecule has 2 amide bonds. The van der Waals surface area contributed by atoms with Crippen LogP contribution in [0.15, 0.2) is 89.8 Å². The zero-order chi connectivity index (χ0) is 31.9. The van der Waals surface area contributed by atoms with Crippen LogP contribution in [0.1, 0.15) is 28.4 Å². The van der Waals surface area contributed by atoms with Gasteiger partial charge in [-0.15, -0.1) is 11.3 Å². The maximum Gasteiger partial charge on any atom is 0.262 e. The summed E-state index contributed by atoms with van der Waals surface area (Å²) in [7, 11) is -0.550. The number of nitrogens with zero attached hydrogens (tertiary/aromatic N) is 2. The fourth-order valence-corrected chi connectivity index (χ4v) is 6.48. The maximum absolute atomic E-state index is 13.1. The van der Waals surface area contributed by atoms with Gasteiger partial charge < -0.3 is 15.0 Å². The normalized spacial score (nSPS) is 10.8. The maximum atomic E-state index is 13.1. The summed E-state index contributed by atoms with van der Waals surface area (Å²) in [6.45, 7) is 6.14. The van der Waals surface area contributed by atoms with Gasteiger partial charge in [0.15, 0.2) is 0 Å². The second-order valence-electron chi connectivity index (χ2n) is 10.1. The number of aromatic nitrogens is 1. The molecule has 2 N–H and O–H groups in total. The Kier molecular flexibility index (Phi) is 10.4. The molecule has 0 bridgehead atoms. The first-order chi connectivity index (χ1) is 21.0. The predicted octanol–water partition coefficient (Wildman–Crippen LogP) is 6.74. The third-order valence-electron chi connectivity index (χ3n) is 6.30. The summed E-state index contributed by atoms with van der Waals surface area (Å²) < 4.78 is 35.4.